The molecule has 0 fully saturated rings. The number of carbonyl (C=O) groups excluding carboxylic acids is 1. The molecule has 0 bridgehead atoms. The third-order valence-corrected chi connectivity index (χ3v) is 4.06. The first-order chi connectivity index (χ1) is 11.0. The van der Waals surface area contributed by atoms with Crippen LogP contribution in [0.3, 0.4) is 0 Å². The molecule has 0 saturated carbocycles. The Hall–Kier alpha value is -1.72. The third-order valence-electron chi connectivity index (χ3n) is 3.01. The quantitative estimate of drug-likeness (QED) is 0.329. The fraction of sp³-hybridized carbons (Fsp3) is 0.111. The Morgan fingerprint density at radius 2 is 1.96 bits per heavy atom. The van der Waals surface area contributed by atoms with Crippen molar-refractivity contribution in [2.45, 2.75) is 6.92 Å². The summed E-state index contributed by atoms with van der Waals surface area (Å²) in [6, 6.07) is 11.0. The normalized spacial score (nSPS) is 10.7. The van der Waals surface area contributed by atoms with Gasteiger partial charge in [0, 0.05) is 21.8 Å². The molecule has 0 radical (unpaired) electrons. The fourth-order valence-corrected chi connectivity index (χ4v) is 3.27. The number of hydrogen-bond donors (Lipinski definition) is 0. The highest BCUT2D eigenvalue weighted by Crippen LogP contribution is 2.32. The van der Waals surface area contributed by atoms with Crippen molar-refractivity contribution in [2.75, 3.05) is 6.61 Å². The first-order valence-electron chi connectivity index (χ1n) is 6.89. The zero-order valence-corrected chi connectivity index (χ0v) is 15.7. The van der Waals surface area contributed by atoms with Gasteiger partial charge in [-0.2, -0.15) is 0 Å². The topological polar surface area (TPSA) is 38.7 Å². The van der Waals surface area contributed by atoms with Crippen LogP contribution in [0.2, 0.25) is 0 Å². The van der Waals surface area contributed by atoms with Crippen molar-refractivity contribution >= 4 is 49.5 Å². The van der Waals surface area contributed by atoms with Crippen LogP contribution in [0, 0.1) is 0 Å². The number of nitrogens with zero attached hydrogens (tertiary/aromatic N) is 1. The molecule has 0 N–H and O–H groups in total. The summed E-state index contributed by atoms with van der Waals surface area (Å²) in [5.74, 6) is 0.744. The Morgan fingerprint density at radius 3 is 2.57 bits per heavy atom. The Balaban J connectivity index is 2.30. The third kappa shape index (κ3) is 4.88. The van der Waals surface area contributed by atoms with Crippen molar-refractivity contribution in [1.29, 1.82) is 0 Å². The van der Waals surface area contributed by atoms with E-state index in [-0.39, 0.29) is 5.78 Å². The van der Waals surface area contributed by atoms with Gasteiger partial charge in [-0.3, -0.25) is 9.79 Å². The van der Waals surface area contributed by atoms with Gasteiger partial charge in [0.15, 0.2) is 5.78 Å². The molecule has 23 heavy (non-hydrogen) atoms. The molecule has 0 aliphatic carbocycles. The summed E-state index contributed by atoms with van der Waals surface area (Å²) in [5.41, 5.74) is 2.27. The number of carbonyl (C=O) groups is 1. The highest BCUT2D eigenvalue weighted by atomic mass is 79.9. The molecule has 0 unspecified atom stereocenters. The van der Waals surface area contributed by atoms with E-state index in [0.29, 0.717) is 17.9 Å². The van der Waals surface area contributed by atoms with E-state index < -0.39 is 0 Å². The molecule has 5 heteroatoms. The number of ether oxygens (including phenoxy) is 1. The summed E-state index contributed by atoms with van der Waals surface area (Å²) in [4.78, 5) is 15.7. The van der Waals surface area contributed by atoms with E-state index in [2.05, 4.69) is 43.4 Å². The number of Topliss-reactive ketones (excluding diaryl/α,β-unsaturated/α-hetero) is 1. The lowest BCUT2D eigenvalue weighted by molar-refractivity contribution is 0.101. The van der Waals surface area contributed by atoms with Crippen molar-refractivity contribution in [1.82, 2.24) is 0 Å². The molecule has 2 rings (SSSR count). The van der Waals surface area contributed by atoms with Crippen molar-refractivity contribution in [3.05, 3.63) is 69.1 Å². The molecule has 0 aliphatic rings. The summed E-state index contributed by atoms with van der Waals surface area (Å²) in [7, 11) is 0. The van der Waals surface area contributed by atoms with Gasteiger partial charge < -0.3 is 4.74 Å². The number of ketones is 1. The molecule has 0 amide bonds. The number of aliphatic imine (C=N–C) groups is 1. The lowest BCUT2D eigenvalue weighted by Crippen LogP contribution is -1.98. The second-order valence-electron chi connectivity index (χ2n) is 4.77. The van der Waals surface area contributed by atoms with Crippen LogP contribution in [0.1, 0.15) is 22.8 Å². The van der Waals surface area contributed by atoms with Gasteiger partial charge in [0.05, 0.1) is 10.2 Å². The zero-order chi connectivity index (χ0) is 16.8. The monoisotopic (exact) mass is 435 g/mol. The van der Waals surface area contributed by atoms with Gasteiger partial charge in [0.1, 0.15) is 12.4 Å². The van der Waals surface area contributed by atoms with E-state index in [0.717, 1.165) is 20.2 Å². The van der Waals surface area contributed by atoms with E-state index in [1.165, 1.54) is 0 Å². The van der Waals surface area contributed by atoms with Crippen molar-refractivity contribution in [3.63, 3.8) is 0 Å². The Labute approximate surface area is 152 Å². The second kappa shape index (κ2) is 8.22. The van der Waals surface area contributed by atoms with Gasteiger partial charge >= 0.3 is 0 Å². The molecular formula is C18H15Br2NO2. The fourth-order valence-electron chi connectivity index (χ4n) is 1.90. The van der Waals surface area contributed by atoms with Crippen molar-refractivity contribution in [3.8, 4) is 5.75 Å². The van der Waals surface area contributed by atoms with Crippen LogP contribution >= 0.6 is 31.9 Å². The van der Waals surface area contributed by atoms with Gasteiger partial charge in [-0.1, -0.05) is 28.6 Å². The Morgan fingerprint density at radius 1 is 1.26 bits per heavy atom. The van der Waals surface area contributed by atoms with Gasteiger partial charge in [0.2, 0.25) is 0 Å². The number of benzene rings is 2. The first kappa shape index (κ1) is 17.6. The molecule has 0 heterocycles. The highest BCUT2D eigenvalue weighted by molar-refractivity contribution is 9.11. The summed E-state index contributed by atoms with van der Waals surface area (Å²) < 4.78 is 7.44. The molecule has 0 saturated heterocycles. The number of hydrogen-bond acceptors (Lipinski definition) is 3. The van der Waals surface area contributed by atoms with Crippen molar-refractivity contribution < 1.29 is 9.53 Å². The maximum absolute atomic E-state index is 11.3. The second-order valence-corrected chi connectivity index (χ2v) is 6.54. The van der Waals surface area contributed by atoms with Crippen LogP contribution in [0.5, 0.6) is 5.75 Å². The first-order valence-corrected chi connectivity index (χ1v) is 8.47. The van der Waals surface area contributed by atoms with Crippen LogP contribution in [-0.4, -0.2) is 18.6 Å². The number of halogens is 2. The van der Waals surface area contributed by atoms with Crippen LogP contribution in [-0.2, 0) is 0 Å². The van der Waals surface area contributed by atoms with Gasteiger partial charge in [0.25, 0.3) is 0 Å². The van der Waals surface area contributed by atoms with Gasteiger partial charge in [-0.05, 0) is 59.3 Å². The van der Waals surface area contributed by atoms with Crippen LogP contribution in [0.15, 0.2) is 63.0 Å². The lowest BCUT2D eigenvalue weighted by atomic mass is 10.1. The standard InChI is InChI=1S/C18H15Br2NO2/c1-3-8-23-18-14(9-15(19)10-17(18)20)11-21-16-6-4-13(5-7-16)12(2)22/h3-7,9-11H,1,8H2,2H3. The van der Waals surface area contributed by atoms with Crippen LogP contribution in [0.25, 0.3) is 0 Å². The van der Waals surface area contributed by atoms with Crippen molar-refractivity contribution in [2.24, 2.45) is 4.99 Å². The zero-order valence-electron chi connectivity index (χ0n) is 12.6. The average Bonchev–Trinajstić information content (AvgIpc) is 2.52. The summed E-state index contributed by atoms with van der Waals surface area (Å²) in [5, 5.41) is 0. The molecule has 2 aromatic rings. The highest BCUT2D eigenvalue weighted by Gasteiger charge is 2.08. The van der Waals surface area contributed by atoms with E-state index in [4.69, 9.17) is 4.74 Å². The minimum Gasteiger partial charge on any atom is -0.488 e. The van der Waals surface area contributed by atoms with Crippen LogP contribution in [0.4, 0.5) is 5.69 Å². The summed E-state index contributed by atoms with van der Waals surface area (Å²) in [6.07, 6.45) is 3.42. The predicted octanol–water partition coefficient (Wildman–Crippen LogP) is 5.73. The smallest absolute Gasteiger partial charge is 0.159 e. The van der Waals surface area contributed by atoms with Gasteiger partial charge in [-0.25, -0.2) is 0 Å². The Kier molecular flexibility index (Phi) is 6.30. The largest absolute Gasteiger partial charge is 0.488 e. The lowest BCUT2D eigenvalue weighted by Gasteiger charge is -2.10. The van der Waals surface area contributed by atoms with E-state index in [1.807, 2.05) is 24.3 Å². The average molecular weight is 437 g/mol. The van der Waals surface area contributed by atoms with E-state index >= 15 is 0 Å². The minimum absolute atomic E-state index is 0.0385. The van der Waals surface area contributed by atoms with Gasteiger partial charge in [-0.15, -0.1) is 0 Å². The molecule has 0 spiro atoms. The SMILES string of the molecule is C=CCOc1c(Br)cc(Br)cc1C=Nc1ccc(C(C)=O)cc1. The summed E-state index contributed by atoms with van der Waals surface area (Å²) >= 11 is 6.95. The molecule has 3 nitrogen and oxygen atoms in total. The van der Waals surface area contributed by atoms with E-state index in [9.17, 15) is 4.79 Å². The molecule has 2 aromatic carbocycles. The minimum atomic E-state index is 0.0385. The molecule has 0 aliphatic heterocycles. The predicted molar refractivity (Wildman–Crippen MR) is 101 cm³/mol. The maximum Gasteiger partial charge on any atom is 0.159 e. The number of rotatable bonds is 6. The molecular weight excluding hydrogens is 422 g/mol. The molecule has 0 aromatic heterocycles. The molecule has 118 valence electrons. The summed E-state index contributed by atoms with van der Waals surface area (Å²) in [6.45, 7) is 5.61. The van der Waals surface area contributed by atoms with E-state index in [1.54, 1.807) is 31.3 Å². The molecule has 0 atom stereocenters. The van der Waals surface area contributed by atoms with Crippen LogP contribution < -0.4 is 4.74 Å². The Bertz CT molecular complexity index is 752. The maximum atomic E-state index is 11.3.